The van der Waals surface area contributed by atoms with Crippen molar-refractivity contribution in [1.29, 1.82) is 0 Å². The number of halogens is 1. The molecule has 0 radical (unpaired) electrons. The summed E-state index contributed by atoms with van der Waals surface area (Å²) in [6.45, 7) is 0. The Hall–Kier alpha value is -1.81. The first kappa shape index (κ1) is 12.6. The molecule has 2 aromatic rings. The Morgan fingerprint density at radius 3 is 2.67 bits per heavy atom. The van der Waals surface area contributed by atoms with Gasteiger partial charge in [0, 0.05) is 10.6 Å². The van der Waals surface area contributed by atoms with Crippen LogP contribution in [0.25, 0.3) is 0 Å². The average molecular weight is 262 g/mol. The Balaban J connectivity index is 2.06. The first-order valence-electron chi connectivity index (χ1n) is 5.36. The smallest absolute Gasteiger partial charge is 0.335 e. The van der Waals surface area contributed by atoms with Gasteiger partial charge in [-0.1, -0.05) is 18.2 Å². The van der Waals surface area contributed by atoms with Crippen molar-refractivity contribution in [3.05, 3.63) is 65.5 Å². The molecule has 0 aliphatic carbocycles. The van der Waals surface area contributed by atoms with E-state index >= 15 is 0 Å². The lowest BCUT2D eigenvalue weighted by atomic mass is 10.1. The highest BCUT2D eigenvalue weighted by atomic mass is 32.2. The topological polar surface area (TPSA) is 37.3 Å². The normalized spacial score (nSPS) is 10.3. The summed E-state index contributed by atoms with van der Waals surface area (Å²) in [6, 6.07) is 13.1. The van der Waals surface area contributed by atoms with Gasteiger partial charge in [0.1, 0.15) is 5.82 Å². The van der Waals surface area contributed by atoms with E-state index in [9.17, 15) is 9.18 Å². The number of carboxylic acids is 1. The van der Waals surface area contributed by atoms with E-state index in [1.807, 2.05) is 12.1 Å². The van der Waals surface area contributed by atoms with Crippen LogP contribution in [0.2, 0.25) is 0 Å². The van der Waals surface area contributed by atoms with Gasteiger partial charge in [0.2, 0.25) is 0 Å². The molecule has 18 heavy (non-hydrogen) atoms. The molecule has 0 unspecified atom stereocenters. The summed E-state index contributed by atoms with van der Waals surface area (Å²) in [7, 11) is 0. The highest BCUT2D eigenvalue weighted by molar-refractivity contribution is 7.98. The van der Waals surface area contributed by atoms with E-state index in [0.29, 0.717) is 5.75 Å². The molecule has 4 heteroatoms. The van der Waals surface area contributed by atoms with Gasteiger partial charge in [0.05, 0.1) is 5.56 Å². The Morgan fingerprint density at radius 2 is 1.94 bits per heavy atom. The van der Waals surface area contributed by atoms with Crippen molar-refractivity contribution in [3.63, 3.8) is 0 Å². The molecule has 0 aliphatic rings. The number of benzene rings is 2. The van der Waals surface area contributed by atoms with Gasteiger partial charge in [-0.3, -0.25) is 0 Å². The minimum atomic E-state index is -0.937. The van der Waals surface area contributed by atoms with Crippen molar-refractivity contribution in [3.8, 4) is 0 Å². The molecule has 0 aromatic heterocycles. The lowest BCUT2D eigenvalue weighted by molar-refractivity contribution is 0.0697. The Bertz CT molecular complexity index is 569. The van der Waals surface area contributed by atoms with E-state index in [-0.39, 0.29) is 11.4 Å². The maximum absolute atomic E-state index is 13.0. The predicted molar refractivity (Wildman–Crippen MR) is 69.4 cm³/mol. The monoisotopic (exact) mass is 262 g/mol. The number of hydrogen-bond acceptors (Lipinski definition) is 2. The number of thioether (sulfide) groups is 1. The first-order valence-corrected chi connectivity index (χ1v) is 6.34. The van der Waals surface area contributed by atoms with E-state index in [1.165, 1.54) is 23.9 Å². The predicted octanol–water partition coefficient (Wildman–Crippen LogP) is 3.82. The van der Waals surface area contributed by atoms with E-state index in [1.54, 1.807) is 24.3 Å². The molecule has 0 atom stereocenters. The maximum Gasteiger partial charge on any atom is 0.335 e. The summed E-state index contributed by atoms with van der Waals surface area (Å²) >= 11 is 1.48. The highest BCUT2D eigenvalue weighted by Crippen LogP contribution is 2.23. The van der Waals surface area contributed by atoms with Gasteiger partial charge in [0.25, 0.3) is 0 Å². The second-order valence-electron chi connectivity index (χ2n) is 3.75. The van der Waals surface area contributed by atoms with Crippen molar-refractivity contribution < 1.29 is 14.3 Å². The summed E-state index contributed by atoms with van der Waals surface area (Å²) < 4.78 is 13.0. The molecule has 2 nitrogen and oxygen atoms in total. The van der Waals surface area contributed by atoms with Crippen LogP contribution in [-0.2, 0) is 5.75 Å². The molecule has 0 saturated heterocycles. The Labute approximate surface area is 108 Å². The maximum atomic E-state index is 13.0. The third-order valence-corrected chi connectivity index (χ3v) is 3.44. The van der Waals surface area contributed by atoms with Crippen LogP contribution >= 0.6 is 11.8 Å². The van der Waals surface area contributed by atoms with E-state index < -0.39 is 5.97 Å². The standard InChI is InChI=1S/C14H11FO2S/c15-12-5-2-6-13(8-12)18-9-10-3-1-4-11(7-10)14(16)17/h1-8H,9H2,(H,16,17). The van der Waals surface area contributed by atoms with E-state index in [2.05, 4.69) is 0 Å². The van der Waals surface area contributed by atoms with Crippen molar-refractivity contribution in [2.24, 2.45) is 0 Å². The second kappa shape index (κ2) is 5.69. The van der Waals surface area contributed by atoms with Gasteiger partial charge < -0.3 is 5.11 Å². The summed E-state index contributed by atoms with van der Waals surface area (Å²) in [5.41, 5.74) is 1.18. The lowest BCUT2D eigenvalue weighted by Gasteiger charge is -2.03. The van der Waals surface area contributed by atoms with E-state index in [0.717, 1.165) is 10.5 Å². The summed E-state index contributed by atoms with van der Waals surface area (Å²) in [6.07, 6.45) is 0. The fourth-order valence-corrected chi connectivity index (χ4v) is 2.40. The molecule has 92 valence electrons. The van der Waals surface area contributed by atoms with Crippen LogP contribution in [-0.4, -0.2) is 11.1 Å². The molecule has 0 saturated carbocycles. The fourth-order valence-electron chi connectivity index (χ4n) is 1.52. The summed E-state index contributed by atoms with van der Waals surface area (Å²) in [5, 5.41) is 8.87. The fraction of sp³-hybridized carbons (Fsp3) is 0.0714. The molecule has 0 bridgehead atoms. The number of carboxylic acid groups (broad SMARTS) is 1. The lowest BCUT2D eigenvalue weighted by Crippen LogP contribution is -1.96. The molecule has 2 aromatic carbocycles. The molecule has 2 rings (SSSR count). The number of carbonyl (C=O) groups is 1. The largest absolute Gasteiger partial charge is 0.478 e. The van der Waals surface area contributed by atoms with Crippen LogP contribution < -0.4 is 0 Å². The summed E-state index contributed by atoms with van der Waals surface area (Å²) in [5.74, 6) is -0.586. The zero-order valence-electron chi connectivity index (χ0n) is 9.47. The Kier molecular flexibility index (Phi) is 3.99. The van der Waals surface area contributed by atoms with Crippen LogP contribution in [0.5, 0.6) is 0 Å². The molecule has 0 amide bonds. The minimum absolute atomic E-state index is 0.265. The van der Waals surface area contributed by atoms with E-state index in [4.69, 9.17) is 5.11 Å². The van der Waals surface area contributed by atoms with Crippen molar-refractivity contribution in [1.82, 2.24) is 0 Å². The molecule has 0 aliphatic heterocycles. The molecule has 1 N–H and O–H groups in total. The van der Waals surface area contributed by atoms with Crippen molar-refractivity contribution in [2.75, 3.05) is 0 Å². The number of aromatic carboxylic acids is 1. The Morgan fingerprint density at radius 1 is 1.17 bits per heavy atom. The SMILES string of the molecule is O=C(O)c1cccc(CSc2cccc(F)c2)c1. The van der Waals surface area contributed by atoms with Gasteiger partial charge in [-0.15, -0.1) is 11.8 Å². The van der Waals surface area contributed by atoms with Crippen LogP contribution in [0.4, 0.5) is 4.39 Å². The van der Waals surface area contributed by atoms with Crippen LogP contribution in [0.3, 0.4) is 0 Å². The third-order valence-electron chi connectivity index (χ3n) is 2.38. The molecule has 0 heterocycles. The molecule has 0 spiro atoms. The van der Waals surface area contributed by atoms with Crippen LogP contribution in [0, 0.1) is 5.82 Å². The van der Waals surface area contributed by atoms with Gasteiger partial charge in [-0.25, -0.2) is 9.18 Å². The van der Waals surface area contributed by atoms with Crippen molar-refractivity contribution >= 4 is 17.7 Å². The van der Waals surface area contributed by atoms with Crippen molar-refractivity contribution in [2.45, 2.75) is 10.6 Å². The van der Waals surface area contributed by atoms with Gasteiger partial charge in [0.15, 0.2) is 0 Å². The van der Waals surface area contributed by atoms with Gasteiger partial charge in [-0.2, -0.15) is 0 Å². The average Bonchev–Trinajstić information content (AvgIpc) is 2.37. The zero-order chi connectivity index (χ0) is 13.0. The third kappa shape index (κ3) is 3.34. The molecule has 0 fully saturated rings. The van der Waals surface area contributed by atoms with Crippen LogP contribution in [0.1, 0.15) is 15.9 Å². The first-order chi connectivity index (χ1) is 8.65. The minimum Gasteiger partial charge on any atom is -0.478 e. The second-order valence-corrected chi connectivity index (χ2v) is 4.80. The van der Waals surface area contributed by atoms with Crippen LogP contribution in [0.15, 0.2) is 53.4 Å². The van der Waals surface area contributed by atoms with Gasteiger partial charge >= 0.3 is 5.97 Å². The molecular formula is C14H11FO2S. The van der Waals surface area contributed by atoms with Gasteiger partial charge in [-0.05, 0) is 35.9 Å². The summed E-state index contributed by atoms with van der Waals surface area (Å²) in [4.78, 5) is 11.6. The number of rotatable bonds is 4. The zero-order valence-corrected chi connectivity index (χ0v) is 10.3. The molecular weight excluding hydrogens is 251 g/mol. The number of hydrogen-bond donors (Lipinski definition) is 1. The highest BCUT2D eigenvalue weighted by Gasteiger charge is 2.03. The quantitative estimate of drug-likeness (QED) is 0.851.